The second kappa shape index (κ2) is 8.98. The van der Waals surface area contributed by atoms with Crippen LogP contribution in [-0.2, 0) is 19.1 Å². The minimum atomic E-state index is -0.278. The average Bonchev–Trinajstić information content (AvgIpc) is 2.21. The van der Waals surface area contributed by atoms with Crippen molar-refractivity contribution in [3.05, 3.63) is 0 Å². The van der Waals surface area contributed by atoms with Gasteiger partial charge in [0.05, 0.1) is 13.2 Å². The summed E-state index contributed by atoms with van der Waals surface area (Å²) < 4.78 is 9.84. The highest BCUT2D eigenvalue weighted by Gasteiger charge is 2.10. The zero-order valence-corrected chi connectivity index (χ0v) is 12.5. The second-order valence-corrected chi connectivity index (χ2v) is 6.02. The Kier molecular flexibility index (Phi) is 8.93. The van der Waals surface area contributed by atoms with Gasteiger partial charge in [-0.1, -0.05) is 31.9 Å². The SMILES string of the molecule is C[C@H](Br)C(=O)OCCCCOC(=O)[C@H](C)Br. The van der Waals surface area contributed by atoms with Crippen LogP contribution in [0.2, 0.25) is 0 Å². The number of ether oxygens (including phenoxy) is 2. The van der Waals surface area contributed by atoms with E-state index in [1.54, 1.807) is 13.8 Å². The van der Waals surface area contributed by atoms with Crippen LogP contribution in [0.1, 0.15) is 26.7 Å². The maximum Gasteiger partial charge on any atom is 0.319 e. The third-order valence-corrected chi connectivity index (χ3v) is 2.42. The van der Waals surface area contributed by atoms with E-state index >= 15 is 0 Å². The summed E-state index contributed by atoms with van der Waals surface area (Å²) in [6.45, 7) is 4.13. The number of esters is 2. The minimum Gasteiger partial charge on any atom is -0.465 e. The van der Waals surface area contributed by atoms with E-state index in [0.29, 0.717) is 26.1 Å². The Morgan fingerprint density at radius 3 is 1.50 bits per heavy atom. The molecule has 0 spiro atoms. The van der Waals surface area contributed by atoms with Crippen LogP contribution in [0.4, 0.5) is 0 Å². The van der Waals surface area contributed by atoms with Crippen molar-refractivity contribution in [3.8, 4) is 0 Å². The molecule has 0 aliphatic carbocycles. The summed E-state index contributed by atoms with van der Waals surface area (Å²) in [5.41, 5.74) is 0. The van der Waals surface area contributed by atoms with E-state index in [1.807, 2.05) is 0 Å². The van der Waals surface area contributed by atoms with E-state index in [-0.39, 0.29) is 21.6 Å². The van der Waals surface area contributed by atoms with E-state index in [2.05, 4.69) is 31.9 Å². The summed E-state index contributed by atoms with van der Waals surface area (Å²) in [6.07, 6.45) is 1.38. The predicted octanol–water partition coefficient (Wildman–Crippen LogP) is 2.42. The van der Waals surface area contributed by atoms with E-state index in [4.69, 9.17) is 9.47 Å². The smallest absolute Gasteiger partial charge is 0.319 e. The summed E-state index contributed by atoms with van der Waals surface area (Å²) in [4.78, 5) is 21.5. The van der Waals surface area contributed by atoms with Gasteiger partial charge in [-0.15, -0.1) is 0 Å². The first-order valence-corrected chi connectivity index (χ1v) is 6.89. The molecular weight excluding hydrogens is 344 g/mol. The van der Waals surface area contributed by atoms with E-state index < -0.39 is 0 Å². The molecule has 0 aliphatic heterocycles. The van der Waals surface area contributed by atoms with Crippen LogP contribution in [0.25, 0.3) is 0 Å². The molecule has 0 aromatic rings. The van der Waals surface area contributed by atoms with Crippen molar-refractivity contribution in [2.75, 3.05) is 13.2 Å². The second-order valence-electron chi connectivity index (χ2n) is 3.27. The number of rotatable bonds is 7. The molecular formula is C10H16Br2O4. The van der Waals surface area contributed by atoms with Crippen LogP contribution < -0.4 is 0 Å². The van der Waals surface area contributed by atoms with Crippen LogP contribution in [0, 0.1) is 0 Å². The molecule has 0 aromatic carbocycles. The first-order valence-electron chi connectivity index (χ1n) is 5.06. The van der Waals surface area contributed by atoms with Gasteiger partial charge in [-0.25, -0.2) is 0 Å². The molecule has 0 N–H and O–H groups in total. The number of hydrogen-bond acceptors (Lipinski definition) is 4. The molecule has 0 heterocycles. The van der Waals surface area contributed by atoms with Crippen molar-refractivity contribution in [3.63, 3.8) is 0 Å². The quantitative estimate of drug-likeness (QED) is 0.398. The molecule has 2 atom stereocenters. The number of halogens is 2. The number of hydrogen-bond donors (Lipinski definition) is 0. The molecule has 0 radical (unpaired) electrons. The third kappa shape index (κ3) is 8.10. The van der Waals surface area contributed by atoms with Crippen LogP contribution >= 0.6 is 31.9 Å². The number of alkyl halides is 2. The predicted molar refractivity (Wildman–Crippen MR) is 67.9 cm³/mol. The van der Waals surface area contributed by atoms with Gasteiger partial charge in [0, 0.05) is 0 Å². The lowest BCUT2D eigenvalue weighted by Gasteiger charge is -2.07. The van der Waals surface area contributed by atoms with E-state index in [0.717, 1.165) is 0 Å². The van der Waals surface area contributed by atoms with Gasteiger partial charge in [-0.3, -0.25) is 9.59 Å². The molecule has 0 rings (SSSR count). The van der Waals surface area contributed by atoms with Crippen molar-refractivity contribution >= 4 is 43.8 Å². The lowest BCUT2D eigenvalue weighted by Crippen LogP contribution is -2.16. The van der Waals surface area contributed by atoms with Gasteiger partial charge in [0.25, 0.3) is 0 Å². The zero-order chi connectivity index (χ0) is 12.6. The molecule has 4 nitrogen and oxygen atoms in total. The highest BCUT2D eigenvalue weighted by molar-refractivity contribution is 9.10. The van der Waals surface area contributed by atoms with E-state index in [1.165, 1.54) is 0 Å². The fourth-order valence-electron chi connectivity index (χ4n) is 0.779. The van der Waals surface area contributed by atoms with Crippen molar-refractivity contribution in [1.82, 2.24) is 0 Å². The minimum absolute atomic E-state index is 0.272. The van der Waals surface area contributed by atoms with Crippen molar-refractivity contribution in [2.45, 2.75) is 36.3 Å². The molecule has 0 saturated carbocycles. The van der Waals surface area contributed by atoms with Crippen molar-refractivity contribution in [2.24, 2.45) is 0 Å². The van der Waals surface area contributed by atoms with Gasteiger partial charge >= 0.3 is 11.9 Å². The molecule has 0 bridgehead atoms. The van der Waals surface area contributed by atoms with Gasteiger partial charge in [-0.2, -0.15) is 0 Å². The first kappa shape index (κ1) is 15.9. The molecule has 0 saturated heterocycles. The third-order valence-electron chi connectivity index (χ3n) is 1.68. The normalized spacial score (nSPS) is 14.0. The molecule has 0 aliphatic rings. The lowest BCUT2D eigenvalue weighted by atomic mass is 10.3. The Bertz CT molecular complexity index is 205. The molecule has 0 unspecified atom stereocenters. The van der Waals surface area contributed by atoms with Gasteiger partial charge in [0.2, 0.25) is 0 Å². The highest BCUT2D eigenvalue weighted by Crippen LogP contribution is 2.03. The summed E-state index contributed by atoms with van der Waals surface area (Å²) in [6, 6.07) is 0. The fraction of sp³-hybridized carbons (Fsp3) is 0.800. The number of carbonyl (C=O) groups is 2. The Labute approximate surface area is 112 Å². The zero-order valence-electron chi connectivity index (χ0n) is 9.37. The average molecular weight is 360 g/mol. The summed E-state index contributed by atoms with van der Waals surface area (Å²) in [7, 11) is 0. The standard InChI is InChI=1S/C10H16Br2O4/c1-7(11)9(13)15-5-3-4-6-16-10(14)8(2)12/h7-8H,3-6H2,1-2H3/t7-,8-/m0/s1. The Morgan fingerprint density at radius 2 is 1.25 bits per heavy atom. The molecule has 0 amide bonds. The topological polar surface area (TPSA) is 52.6 Å². The van der Waals surface area contributed by atoms with Crippen LogP contribution in [0.3, 0.4) is 0 Å². The van der Waals surface area contributed by atoms with Crippen molar-refractivity contribution < 1.29 is 19.1 Å². The van der Waals surface area contributed by atoms with Crippen molar-refractivity contribution in [1.29, 1.82) is 0 Å². The molecule has 0 fully saturated rings. The Balaban J connectivity index is 3.35. The fourth-order valence-corrected chi connectivity index (χ4v) is 1.04. The van der Waals surface area contributed by atoms with Gasteiger partial charge in [0.15, 0.2) is 0 Å². The molecule has 6 heteroatoms. The first-order chi connectivity index (χ1) is 7.45. The monoisotopic (exact) mass is 358 g/mol. The molecule has 16 heavy (non-hydrogen) atoms. The summed E-state index contributed by atoms with van der Waals surface area (Å²) in [5.74, 6) is -0.544. The largest absolute Gasteiger partial charge is 0.465 e. The molecule has 0 aromatic heterocycles. The van der Waals surface area contributed by atoms with Gasteiger partial charge in [0.1, 0.15) is 9.65 Å². The van der Waals surface area contributed by atoms with Crippen LogP contribution in [0.15, 0.2) is 0 Å². The Morgan fingerprint density at radius 1 is 0.938 bits per heavy atom. The lowest BCUT2D eigenvalue weighted by molar-refractivity contribution is -0.145. The van der Waals surface area contributed by atoms with Crippen LogP contribution in [0.5, 0.6) is 0 Å². The summed E-state index contributed by atoms with van der Waals surface area (Å²) in [5, 5.41) is 0. The van der Waals surface area contributed by atoms with Gasteiger partial charge in [-0.05, 0) is 26.7 Å². The Hall–Kier alpha value is -0.100. The number of carbonyl (C=O) groups excluding carboxylic acids is 2. The molecule has 94 valence electrons. The maximum atomic E-state index is 11.0. The van der Waals surface area contributed by atoms with Gasteiger partial charge < -0.3 is 9.47 Å². The highest BCUT2D eigenvalue weighted by atomic mass is 79.9. The number of unbranched alkanes of at least 4 members (excludes halogenated alkanes) is 1. The maximum absolute atomic E-state index is 11.0. The summed E-state index contributed by atoms with van der Waals surface area (Å²) >= 11 is 6.22. The van der Waals surface area contributed by atoms with Crippen LogP contribution in [-0.4, -0.2) is 34.8 Å². The van der Waals surface area contributed by atoms with E-state index in [9.17, 15) is 9.59 Å².